The Morgan fingerprint density at radius 2 is 1.96 bits per heavy atom. The maximum Gasteiger partial charge on any atom is 0.318 e. The third-order valence-corrected chi connectivity index (χ3v) is 11.1. The van der Waals surface area contributed by atoms with Crippen LogP contribution in [0.5, 0.6) is 11.8 Å². The highest BCUT2D eigenvalue weighted by molar-refractivity contribution is 5.98. The van der Waals surface area contributed by atoms with Crippen LogP contribution in [0.2, 0.25) is 0 Å². The Labute approximate surface area is 279 Å². The van der Waals surface area contributed by atoms with E-state index in [1.54, 1.807) is 18.2 Å². The molecule has 254 valence electrons. The lowest BCUT2D eigenvalue weighted by Crippen LogP contribution is -2.43. The number of aryl methyl sites for hydroxylation is 2. The molecule has 8 rings (SSSR count). The number of nitrogens with zero attached hydrogens (tertiary/aromatic N) is 7. The molecule has 0 spiro atoms. The van der Waals surface area contributed by atoms with E-state index in [1.165, 1.54) is 6.07 Å². The van der Waals surface area contributed by atoms with E-state index in [0.717, 1.165) is 89.5 Å². The number of hydrogen-bond donors (Lipinski definition) is 2. The number of ether oxygens (including phenoxy) is 1. The molecule has 2 fully saturated rings. The zero-order chi connectivity index (χ0) is 33.2. The van der Waals surface area contributed by atoms with Crippen LogP contribution in [0.15, 0.2) is 24.3 Å². The van der Waals surface area contributed by atoms with Gasteiger partial charge in [-0.2, -0.15) is 15.1 Å². The number of aromatic hydroxyl groups is 1. The van der Waals surface area contributed by atoms with Gasteiger partial charge in [0, 0.05) is 67.9 Å². The minimum Gasteiger partial charge on any atom is -0.508 e. The molecule has 10 nitrogen and oxygen atoms in total. The van der Waals surface area contributed by atoms with Crippen LogP contribution in [0.4, 0.5) is 26.1 Å². The van der Waals surface area contributed by atoms with Crippen molar-refractivity contribution < 1.29 is 18.6 Å². The maximum atomic E-state index is 15.1. The van der Waals surface area contributed by atoms with Gasteiger partial charge in [-0.15, -0.1) is 0 Å². The summed E-state index contributed by atoms with van der Waals surface area (Å²) >= 11 is 0. The van der Waals surface area contributed by atoms with Gasteiger partial charge in [-0.05, 0) is 68.7 Å². The molecule has 6 heterocycles. The van der Waals surface area contributed by atoms with Crippen molar-refractivity contribution >= 4 is 28.1 Å². The topological polar surface area (TPSA) is 94.8 Å². The van der Waals surface area contributed by atoms with Crippen LogP contribution in [-0.2, 0) is 32.5 Å². The molecule has 2 saturated heterocycles. The summed E-state index contributed by atoms with van der Waals surface area (Å²) in [5.74, 6) is 1.66. The Kier molecular flexibility index (Phi) is 7.81. The fraction of sp³-hybridized carbons (Fsp3) is 0.528. The summed E-state index contributed by atoms with van der Waals surface area (Å²) in [6, 6.07) is 6.96. The number of aromatic nitrogens is 4. The molecule has 2 aromatic carbocycles. The highest BCUT2D eigenvalue weighted by atomic mass is 19.1. The minimum atomic E-state index is -0.842. The van der Waals surface area contributed by atoms with E-state index >= 15 is 4.39 Å². The number of benzene rings is 2. The molecule has 4 aromatic rings. The SMILES string of the molecule is CCc1c(F)ccc2cc(O)cc(N3CCc4c(nc(OC[C@@]56CCCN5C[C@H](F)C6)nc4N4CCCn5nc(NC)c(C)c5C4)C3)c12. The summed E-state index contributed by atoms with van der Waals surface area (Å²) in [5, 5.41) is 20.4. The first-order valence-corrected chi connectivity index (χ1v) is 17.4. The number of rotatable bonds is 7. The van der Waals surface area contributed by atoms with Gasteiger partial charge in [0.25, 0.3) is 0 Å². The van der Waals surface area contributed by atoms with Crippen LogP contribution >= 0.6 is 0 Å². The van der Waals surface area contributed by atoms with Gasteiger partial charge in [0.1, 0.15) is 30.2 Å². The lowest BCUT2D eigenvalue weighted by atomic mass is 9.95. The van der Waals surface area contributed by atoms with Crippen LogP contribution in [-0.4, -0.2) is 81.3 Å². The molecule has 0 bridgehead atoms. The van der Waals surface area contributed by atoms with Crippen LogP contribution in [0.1, 0.15) is 60.7 Å². The lowest BCUT2D eigenvalue weighted by Gasteiger charge is -2.35. The quantitative estimate of drug-likeness (QED) is 0.267. The van der Waals surface area contributed by atoms with Crippen molar-refractivity contribution in [1.82, 2.24) is 24.6 Å². The lowest BCUT2D eigenvalue weighted by molar-refractivity contribution is 0.107. The summed E-state index contributed by atoms with van der Waals surface area (Å²) in [5.41, 5.74) is 5.34. The molecule has 0 unspecified atom stereocenters. The van der Waals surface area contributed by atoms with E-state index in [4.69, 9.17) is 19.8 Å². The first-order chi connectivity index (χ1) is 23.3. The Morgan fingerprint density at radius 1 is 1.08 bits per heavy atom. The number of anilines is 3. The van der Waals surface area contributed by atoms with Crippen LogP contribution < -0.4 is 19.9 Å². The molecule has 2 atom stereocenters. The molecular formula is C36H44F2N8O2. The molecular weight excluding hydrogens is 614 g/mol. The van der Waals surface area contributed by atoms with Gasteiger partial charge in [0.2, 0.25) is 0 Å². The third-order valence-electron chi connectivity index (χ3n) is 11.1. The summed E-state index contributed by atoms with van der Waals surface area (Å²) in [6.07, 6.45) is 3.70. The number of nitrogens with one attached hydrogen (secondary N) is 1. The highest BCUT2D eigenvalue weighted by Crippen LogP contribution is 2.42. The molecule has 2 N–H and O–H groups in total. The molecule has 0 radical (unpaired) electrons. The molecule has 0 amide bonds. The number of alkyl halides is 1. The first-order valence-electron chi connectivity index (χ1n) is 17.4. The van der Waals surface area contributed by atoms with Crippen molar-refractivity contribution in [3.05, 3.63) is 58.2 Å². The van der Waals surface area contributed by atoms with Gasteiger partial charge in [-0.25, -0.2) is 8.78 Å². The van der Waals surface area contributed by atoms with E-state index < -0.39 is 6.17 Å². The van der Waals surface area contributed by atoms with E-state index in [2.05, 4.69) is 31.6 Å². The fourth-order valence-electron chi connectivity index (χ4n) is 8.70. The normalized spacial score (nSPS) is 22.5. The molecule has 4 aliphatic rings. The molecule has 2 aromatic heterocycles. The first kappa shape index (κ1) is 31.1. The molecule has 4 aliphatic heterocycles. The summed E-state index contributed by atoms with van der Waals surface area (Å²) in [7, 11) is 1.90. The minimum absolute atomic E-state index is 0.143. The summed E-state index contributed by atoms with van der Waals surface area (Å²) in [6.45, 7) is 9.17. The van der Waals surface area contributed by atoms with Crippen molar-refractivity contribution in [3.8, 4) is 11.8 Å². The zero-order valence-corrected chi connectivity index (χ0v) is 28.0. The molecule has 0 aliphatic carbocycles. The molecule has 48 heavy (non-hydrogen) atoms. The number of halogens is 2. The number of phenolic OH excluding ortho intramolecular Hbond substituents is 1. The molecule has 12 heteroatoms. The summed E-state index contributed by atoms with van der Waals surface area (Å²) < 4.78 is 38.3. The van der Waals surface area contributed by atoms with Crippen molar-refractivity contribution in [2.45, 2.75) is 83.7 Å². The van der Waals surface area contributed by atoms with E-state index in [0.29, 0.717) is 63.6 Å². The standard InChI is InChI=1S/C36H44F2N8O2/c1-4-26-28(38)8-7-23-15-25(47)16-30(32(23)26)43-14-9-27-29(19-43)40-35(48-21-36-10-5-12-45(36)18-24(37)17-36)41-34(27)44-11-6-13-46-31(20-44)22(2)33(39-3)42-46/h7-8,15-16,24,47H,4-6,9-14,17-21H2,1-3H3,(H,39,42)/t24-,36+/m1/s1. The fourth-order valence-corrected chi connectivity index (χ4v) is 8.70. The number of phenols is 1. The van der Waals surface area contributed by atoms with Crippen LogP contribution in [0, 0.1) is 12.7 Å². The highest BCUT2D eigenvalue weighted by Gasteiger charge is 2.49. The third kappa shape index (κ3) is 5.19. The van der Waals surface area contributed by atoms with Gasteiger partial charge in [-0.1, -0.05) is 13.0 Å². The van der Waals surface area contributed by atoms with Gasteiger partial charge in [0.15, 0.2) is 5.82 Å². The predicted octanol–water partition coefficient (Wildman–Crippen LogP) is 5.51. The predicted molar refractivity (Wildman–Crippen MR) is 182 cm³/mol. The number of fused-ring (bicyclic) bond motifs is 4. The van der Waals surface area contributed by atoms with Crippen molar-refractivity contribution in [2.24, 2.45) is 0 Å². The van der Waals surface area contributed by atoms with E-state index in [1.807, 2.05) is 14.0 Å². The van der Waals surface area contributed by atoms with Crippen molar-refractivity contribution in [3.63, 3.8) is 0 Å². The van der Waals surface area contributed by atoms with Gasteiger partial charge >= 0.3 is 6.01 Å². The zero-order valence-electron chi connectivity index (χ0n) is 28.0. The Hall–Kier alpha value is -4.19. The van der Waals surface area contributed by atoms with Crippen LogP contribution in [0.25, 0.3) is 10.8 Å². The van der Waals surface area contributed by atoms with Crippen LogP contribution in [0.3, 0.4) is 0 Å². The second-order valence-electron chi connectivity index (χ2n) is 13.9. The Bertz CT molecular complexity index is 1880. The van der Waals surface area contributed by atoms with E-state index in [9.17, 15) is 9.50 Å². The van der Waals surface area contributed by atoms with E-state index in [-0.39, 0.29) is 17.1 Å². The largest absolute Gasteiger partial charge is 0.508 e. The smallest absolute Gasteiger partial charge is 0.318 e. The Morgan fingerprint density at radius 3 is 2.79 bits per heavy atom. The van der Waals surface area contributed by atoms with Crippen molar-refractivity contribution in [2.75, 3.05) is 55.0 Å². The monoisotopic (exact) mass is 658 g/mol. The molecule has 0 saturated carbocycles. The second kappa shape index (κ2) is 12.0. The van der Waals surface area contributed by atoms with Gasteiger partial charge in [-0.3, -0.25) is 9.58 Å². The number of hydrogen-bond acceptors (Lipinski definition) is 9. The average Bonchev–Trinajstić information content (AvgIpc) is 3.65. The van der Waals surface area contributed by atoms with Gasteiger partial charge in [0.05, 0.1) is 30.0 Å². The average molecular weight is 659 g/mol. The summed E-state index contributed by atoms with van der Waals surface area (Å²) in [4.78, 5) is 16.9. The van der Waals surface area contributed by atoms with Gasteiger partial charge < -0.3 is 25.0 Å². The maximum absolute atomic E-state index is 15.1. The Balaban J connectivity index is 1.19. The van der Waals surface area contributed by atoms with Crippen molar-refractivity contribution in [1.29, 1.82) is 0 Å². The second-order valence-corrected chi connectivity index (χ2v) is 13.9.